The van der Waals surface area contributed by atoms with Gasteiger partial charge in [0, 0.05) is 12.5 Å². The number of amides is 1. The first-order valence-electron chi connectivity index (χ1n) is 7.21. The lowest BCUT2D eigenvalue weighted by Crippen LogP contribution is -2.30. The third-order valence-corrected chi connectivity index (χ3v) is 4.81. The summed E-state index contributed by atoms with van der Waals surface area (Å²) in [7, 11) is -3.47. The first-order valence-corrected chi connectivity index (χ1v) is 9.85. The molecule has 0 aliphatic carbocycles. The van der Waals surface area contributed by atoms with Crippen LogP contribution in [0.5, 0.6) is 0 Å². The van der Waals surface area contributed by atoms with Crippen LogP contribution < -0.4 is 5.32 Å². The Hall–Kier alpha value is -2.16. The topological polar surface area (TPSA) is 102 Å². The number of ether oxygens (including phenoxy) is 1. The average molecular weight is 417 g/mol. The summed E-state index contributed by atoms with van der Waals surface area (Å²) >= 11 is 11.6. The summed E-state index contributed by atoms with van der Waals surface area (Å²) in [5, 5.41) is 2.85. The van der Waals surface area contributed by atoms with Gasteiger partial charge in [-0.2, -0.15) is 0 Å². The van der Waals surface area contributed by atoms with E-state index in [-0.39, 0.29) is 21.3 Å². The highest BCUT2D eigenvalue weighted by Crippen LogP contribution is 2.22. The van der Waals surface area contributed by atoms with E-state index in [2.05, 4.69) is 10.3 Å². The molecular formula is C16H14Cl2N2O5S. The minimum Gasteiger partial charge on any atom is -0.449 e. The molecule has 1 amide bonds. The summed E-state index contributed by atoms with van der Waals surface area (Å²) < 4.78 is 28.2. The molecule has 1 aromatic heterocycles. The van der Waals surface area contributed by atoms with E-state index in [9.17, 15) is 18.0 Å². The van der Waals surface area contributed by atoms with E-state index in [1.165, 1.54) is 43.5 Å². The minimum absolute atomic E-state index is 0.00947. The molecule has 0 saturated carbocycles. The zero-order chi connectivity index (χ0) is 19.5. The van der Waals surface area contributed by atoms with Gasteiger partial charge in [-0.15, -0.1) is 0 Å². The molecule has 1 atom stereocenters. The summed E-state index contributed by atoms with van der Waals surface area (Å²) in [6.45, 7) is 1.36. The number of nitrogens with zero attached hydrogens (tertiary/aromatic N) is 1. The van der Waals surface area contributed by atoms with E-state index in [1.807, 2.05) is 0 Å². The van der Waals surface area contributed by atoms with Crippen molar-refractivity contribution in [3.05, 3.63) is 52.1 Å². The lowest BCUT2D eigenvalue weighted by molar-refractivity contribution is -0.123. The van der Waals surface area contributed by atoms with Crippen molar-refractivity contribution in [1.29, 1.82) is 0 Å². The van der Waals surface area contributed by atoms with Gasteiger partial charge in [0.05, 0.1) is 20.5 Å². The summed E-state index contributed by atoms with van der Waals surface area (Å²) in [4.78, 5) is 28.1. The number of nitrogens with one attached hydrogen (secondary N) is 1. The molecule has 0 spiro atoms. The van der Waals surface area contributed by atoms with Crippen molar-refractivity contribution in [3.63, 3.8) is 0 Å². The number of halogens is 2. The Morgan fingerprint density at radius 3 is 2.54 bits per heavy atom. The number of rotatable bonds is 5. The number of aromatic nitrogens is 1. The molecule has 0 aliphatic rings. The maximum atomic E-state index is 12.1. The first kappa shape index (κ1) is 20.2. The first-order chi connectivity index (χ1) is 12.1. The van der Waals surface area contributed by atoms with Gasteiger partial charge >= 0.3 is 5.97 Å². The number of carbonyl (C=O) groups is 2. The molecule has 26 heavy (non-hydrogen) atoms. The molecule has 1 aromatic carbocycles. The van der Waals surface area contributed by atoms with Crippen LogP contribution in [0.1, 0.15) is 17.3 Å². The van der Waals surface area contributed by atoms with Gasteiger partial charge in [-0.05, 0) is 31.2 Å². The second-order valence-electron chi connectivity index (χ2n) is 5.32. The summed E-state index contributed by atoms with van der Waals surface area (Å²) in [6.07, 6.45) is 1.16. The normalized spacial score (nSPS) is 12.3. The van der Waals surface area contributed by atoms with Gasteiger partial charge < -0.3 is 10.1 Å². The van der Waals surface area contributed by atoms with Crippen LogP contribution in [-0.2, 0) is 19.4 Å². The van der Waals surface area contributed by atoms with E-state index in [4.69, 9.17) is 27.9 Å². The Balaban J connectivity index is 2.08. The zero-order valence-corrected chi connectivity index (χ0v) is 16.0. The van der Waals surface area contributed by atoms with Gasteiger partial charge in [0.15, 0.2) is 21.8 Å². The van der Waals surface area contributed by atoms with Gasteiger partial charge in [-0.3, -0.25) is 4.79 Å². The molecule has 0 radical (unpaired) electrons. The fourth-order valence-corrected chi connectivity index (χ4v) is 2.95. The quantitative estimate of drug-likeness (QED) is 0.751. The molecule has 0 fully saturated rings. The standard InChI is InChI=1S/C16H14Cl2N2O5S/c1-9(15(21)20-14-13(18)7-11(17)8-19-14)25-16(22)10-4-3-5-12(6-10)26(2,23)24/h3-9H,1-2H3,(H,19,20,21)/t9-/m1/s1. The Kier molecular flexibility index (Phi) is 6.22. The Morgan fingerprint density at radius 2 is 1.92 bits per heavy atom. The zero-order valence-electron chi connectivity index (χ0n) is 13.7. The molecule has 1 heterocycles. The molecule has 10 heteroatoms. The monoisotopic (exact) mass is 416 g/mol. The van der Waals surface area contributed by atoms with Crippen molar-refractivity contribution in [2.24, 2.45) is 0 Å². The van der Waals surface area contributed by atoms with E-state index in [0.717, 1.165) is 6.26 Å². The highest BCUT2D eigenvalue weighted by molar-refractivity contribution is 7.90. The second-order valence-corrected chi connectivity index (χ2v) is 8.18. The summed E-state index contributed by atoms with van der Waals surface area (Å²) in [5.41, 5.74) is 0.00947. The van der Waals surface area contributed by atoms with Crippen LogP contribution in [0.2, 0.25) is 10.0 Å². The number of pyridine rings is 1. The molecular weight excluding hydrogens is 403 g/mol. The van der Waals surface area contributed by atoms with E-state index >= 15 is 0 Å². The number of benzene rings is 1. The molecule has 0 bridgehead atoms. The van der Waals surface area contributed by atoms with E-state index < -0.39 is 27.8 Å². The largest absolute Gasteiger partial charge is 0.449 e. The van der Waals surface area contributed by atoms with Gasteiger partial charge in [-0.25, -0.2) is 18.2 Å². The number of hydrogen-bond donors (Lipinski definition) is 1. The smallest absolute Gasteiger partial charge is 0.338 e. The van der Waals surface area contributed by atoms with Crippen LogP contribution in [-0.4, -0.2) is 37.6 Å². The van der Waals surface area contributed by atoms with Crippen LogP contribution in [0.25, 0.3) is 0 Å². The van der Waals surface area contributed by atoms with Crippen molar-refractivity contribution in [2.45, 2.75) is 17.9 Å². The second kappa shape index (κ2) is 8.03. The van der Waals surface area contributed by atoms with Crippen LogP contribution in [0.3, 0.4) is 0 Å². The molecule has 0 saturated heterocycles. The Bertz CT molecular complexity index is 963. The maximum Gasteiger partial charge on any atom is 0.338 e. The number of hydrogen-bond acceptors (Lipinski definition) is 6. The lowest BCUT2D eigenvalue weighted by Gasteiger charge is -2.14. The predicted octanol–water partition coefficient (Wildman–Crippen LogP) is 2.98. The third kappa shape index (κ3) is 5.17. The average Bonchev–Trinajstić information content (AvgIpc) is 2.56. The molecule has 0 aliphatic heterocycles. The number of carbonyl (C=O) groups excluding carboxylic acids is 2. The molecule has 0 unspecified atom stereocenters. The molecule has 2 aromatic rings. The van der Waals surface area contributed by atoms with Crippen LogP contribution >= 0.6 is 23.2 Å². The maximum absolute atomic E-state index is 12.1. The minimum atomic E-state index is -3.47. The van der Waals surface area contributed by atoms with Crippen molar-refractivity contribution in [2.75, 3.05) is 11.6 Å². The van der Waals surface area contributed by atoms with Gasteiger partial charge in [-0.1, -0.05) is 29.3 Å². The highest BCUT2D eigenvalue weighted by Gasteiger charge is 2.21. The summed E-state index contributed by atoms with van der Waals surface area (Å²) in [6, 6.07) is 6.74. The number of sulfone groups is 1. The lowest BCUT2D eigenvalue weighted by atomic mass is 10.2. The molecule has 2 rings (SSSR count). The molecule has 7 nitrogen and oxygen atoms in total. The van der Waals surface area contributed by atoms with Crippen LogP contribution in [0.15, 0.2) is 41.4 Å². The predicted molar refractivity (Wildman–Crippen MR) is 97.3 cm³/mol. The Labute approximate surface area is 160 Å². The Morgan fingerprint density at radius 1 is 1.23 bits per heavy atom. The third-order valence-electron chi connectivity index (χ3n) is 3.20. The van der Waals surface area contributed by atoms with Gasteiger partial charge in [0.1, 0.15) is 0 Å². The molecule has 138 valence electrons. The SMILES string of the molecule is C[C@@H](OC(=O)c1cccc(S(C)(=O)=O)c1)C(=O)Nc1ncc(Cl)cc1Cl. The fraction of sp³-hybridized carbons (Fsp3) is 0.188. The summed E-state index contributed by atoms with van der Waals surface area (Å²) in [5.74, 6) is -1.43. The van der Waals surface area contributed by atoms with E-state index in [0.29, 0.717) is 5.02 Å². The number of anilines is 1. The van der Waals surface area contributed by atoms with E-state index in [1.54, 1.807) is 0 Å². The number of esters is 1. The highest BCUT2D eigenvalue weighted by atomic mass is 35.5. The van der Waals surface area contributed by atoms with Crippen molar-refractivity contribution < 1.29 is 22.7 Å². The van der Waals surface area contributed by atoms with Crippen molar-refractivity contribution >= 4 is 50.7 Å². The van der Waals surface area contributed by atoms with Crippen molar-refractivity contribution in [1.82, 2.24) is 4.98 Å². The fourth-order valence-electron chi connectivity index (χ4n) is 1.86. The molecule has 1 N–H and O–H groups in total. The van der Waals surface area contributed by atoms with Gasteiger partial charge in [0.2, 0.25) is 0 Å². The van der Waals surface area contributed by atoms with Gasteiger partial charge in [0.25, 0.3) is 5.91 Å². The van der Waals surface area contributed by atoms with Crippen molar-refractivity contribution in [3.8, 4) is 0 Å². The van der Waals surface area contributed by atoms with Crippen LogP contribution in [0, 0.1) is 0 Å². The van der Waals surface area contributed by atoms with Crippen LogP contribution in [0.4, 0.5) is 5.82 Å².